The Labute approximate surface area is 116 Å². The first kappa shape index (κ1) is 14.3. The number of rotatable bonds is 4. The summed E-state index contributed by atoms with van der Waals surface area (Å²) >= 11 is 5.34. The second-order valence-electron chi connectivity index (χ2n) is 4.29. The normalized spacial score (nSPS) is 21.9. The number of aliphatic hydroxyl groups excluding tert-OH is 1. The fraction of sp³-hybridized carbons (Fsp3) is 0.462. The van der Waals surface area contributed by atoms with Gasteiger partial charge in [0.25, 0.3) is 0 Å². The summed E-state index contributed by atoms with van der Waals surface area (Å²) in [4.78, 5) is 13.0. The molecule has 1 aliphatic heterocycles. The fourth-order valence-electron chi connectivity index (χ4n) is 2.12. The van der Waals surface area contributed by atoms with Crippen LogP contribution in [0.3, 0.4) is 0 Å². The minimum atomic E-state index is -0.846. The maximum absolute atomic E-state index is 11.1. The van der Waals surface area contributed by atoms with Gasteiger partial charge in [-0.25, -0.2) is 4.79 Å². The van der Waals surface area contributed by atoms with Gasteiger partial charge in [-0.1, -0.05) is 30.3 Å². The minimum absolute atomic E-state index is 0.0627. The molecule has 1 aromatic carbocycles. The molecule has 0 aromatic heterocycles. The highest BCUT2D eigenvalue weighted by atomic mass is 35.5. The number of nitrogens with zero attached hydrogens (tertiary/aromatic N) is 1. The lowest BCUT2D eigenvalue weighted by atomic mass is 10.1. The molecule has 0 bridgehead atoms. The van der Waals surface area contributed by atoms with Gasteiger partial charge in [0.05, 0.1) is 19.3 Å². The van der Waals surface area contributed by atoms with Crippen molar-refractivity contribution in [3.05, 3.63) is 35.9 Å². The quantitative estimate of drug-likeness (QED) is 0.854. The Morgan fingerprint density at radius 2 is 2.26 bits per heavy atom. The Bertz CT molecular complexity index is 414. The summed E-state index contributed by atoms with van der Waals surface area (Å²) in [5.74, 6) is 0. The van der Waals surface area contributed by atoms with Crippen LogP contribution in [0.15, 0.2) is 30.3 Å². The predicted molar refractivity (Wildman–Crippen MR) is 69.9 cm³/mol. The van der Waals surface area contributed by atoms with Crippen LogP contribution in [0.2, 0.25) is 0 Å². The third-order valence-corrected chi connectivity index (χ3v) is 3.08. The molecular weight excluding hydrogens is 270 g/mol. The average Bonchev–Trinajstić information content (AvgIpc) is 2.45. The molecule has 0 amide bonds. The molecule has 0 spiro atoms. The summed E-state index contributed by atoms with van der Waals surface area (Å²) in [6.07, 6.45) is -0.821. The van der Waals surface area contributed by atoms with E-state index in [9.17, 15) is 4.79 Å². The van der Waals surface area contributed by atoms with Crippen LogP contribution in [-0.2, 0) is 9.47 Å². The standard InChI is InChI=1S/C13H16ClNO4/c14-13(17)19-12(10-4-2-1-3-5-10)15-6-7-18-11(8-15)9-16/h1-5,11-12,16H,6-9H2. The highest BCUT2D eigenvalue weighted by Gasteiger charge is 2.29. The minimum Gasteiger partial charge on any atom is -0.430 e. The first-order valence-electron chi connectivity index (χ1n) is 6.08. The fourth-order valence-corrected chi connectivity index (χ4v) is 2.21. The highest BCUT2D eigenvalue weighted by Crippen LogP contribution is 2.25. The molecule has 0 saturated carbocycles. The summed E-state index contributed by atoms with van der Waals surface area (Å²) in [6.45, 7) is 1.52. The van der Waals surface area contributed by atoms with Gasteiger partial charge in [-0.05, 0) is 0 Å². The molecule has 6 heteroatoms. The number of hydrogen-bond donors (Lipinski definition) is 1. The van der Waals surface area contributed by atoms with Gasteiger partial charge in [0.2, 0.25) is 0 Å². The summed E-state index contributed by atoms with van der Waals surface area (Å²) < 4.78 is 10.6. The van der Waals surface area contributed by atoms with E-state index in [-0.39, 0.29) is 12.7 Å². The lowest BCUT2D eigenvalue weighted by Crippen LogP contribution is -2.46. The number of carbonyl (C=O) groups is 1. The molecule has 1 fully saturated rings. The first-order valence-corrected chi connectivity index (χ1v) is 6.46. The summed E-state index contributed by atoms with van der Waals surface area (Å²) in [5.41, 5.74) is -0.00372. The van der Waals surface area contributed by atoms with Crippen molar-refractivity contribution in [1.82, 2.24) is 4.90 Å². The van der Waals surface area contributed by atoms with Crippen molar-refractivity contribution in [3.8, 4) is 0 Å². The molecule has 2 rings (SSSR count). The number of aliphatic hydroxyl groups is 1. The molecule has 2 unspecified atom stereocenters. The Morgan fingerprint density at radius 3 is 2.89 bits per heavy atom. The molecule has 104 valence electrons. The van der Waals surface area contributed by atoms with E-state index < -0.39 is 11.7 Å². The summed E-state index contributed by atoms with van der Waals surface area (Å²) in [7, 11) is 0. The number of benzene rings is 1. The van der Waals surface area contributed by atoms with E-state index >= 15 is 0 Å². The van der Waals surface area contributed by atoms with Gasteiger partial charge < -0.3 is 14.6 Å². The van der Waals surface area contributed by atoms with Crippen molar-refractivity contribution < 1.29 is 19.4 Å². The molecule has 1 aromatic rings. The topological polar surface area (TPSA) is 59.0 Å². The lowest BCUT2D eigenvalue weighted by molar-refractivity contribution is -0.106. The maximum atomic E-state index is 11.1. The molecule has 1 heterocycles. The van der Waals surface area contributed by atoms with Crippen LogP contribution in [-0.4, -0.2) is 47.8 Å². The third-order valence-electron chi connectivity index (χ3n) is 2.99. The zero-order chi connectivity index (χ0) is 13.7. The van der Waals surface area contributed by atoms with Crippen molar-refractivity contribution in [1.29, 1.82) is 0 Å². The SMILES string of the molecule is O=C(Cl)OC(c1ccccc1)N1CCOC(CO)C1. The molecule has 1 N–H and O–H groups in total. The van der Waals surface area contributed by atoms with E-state index in [1.807, 2.05) is 35.2 Å². The zero-order valence-electron chi connectivity index (χ0n) is 10.4. The molecule has 5 nitrogen and oxygen atoms in total. The van der Waals surface area contributed by atoms with Crippen LogP contribution in [0.5, 0.6) is 0 Å². The van der Waals surface area contributed by atoms with Gasteiger partial charge in [0, 0.05) is 30.3 Å². The van der Waals surface area contributed by atoms with Crippen molar-refractivity contribution in [2.24, 2.45) is 0 Å². The number of ether oxygens (including phenoxy) is 2. The van der Waals surface area contributed by atoms with Crippen LogP contribution in [0.25, 0.3) is 0 Å². The number of halogens is 1. The number of hydrogen-bond acceptors (Lipinski definition) is 5. The Morgan fingerprint density at radius 1 is 1.53 bits per heavy atom. The monoisotopic (exact) mass is 285 g/mol. The van der Waals surface area contributed by atoms with Gasteiger partial charge in [-0.3, -0.25) is 4.90 Å². The first-order chi connectivity index (χ1) is 9.20. The highest BCUT2D eigenvalue weighted by molar-refractivity contribution is 6.61. The number of carbonyl (C=O) groups excluding carboxylic acids is 1. The summed E-state index contributed by atoms with van der Waals surface area (Å²) in [6, 6.07) is 9.36. The van der Waals surface area contributed by atoms with E-state index in [0.29, 0.717) is 19.7 Å². The van der Waals surface area contributed by atoms with Crippen LogP contribution in [0.4, 0.5) is 4.79 Å². The van der Waals surface area contributed by atoms with Crippen molar-refractivity contribution in [3.63, 3.8) is 0 Å². The van der Waals surface area contributed by atoms with Crippen molar-refractivity contribution >= 4 is 17.0 Å². The van der Waals surface area contributed by atoms with Gasteiger partial charge in [0.1, 0.15) is 0 Å². The summed E-state index contributed by atoms with van der Waals surface area (Å²) in [5, 5.41) is 9.16. The molecule has 2 atom stereocenters. The zero-order valence-corrected chi connectivity index (χ0v) is 11.1. The largest absolute Gasteiger partial charge is 0.430 e. The average molecular weight is 286 g/mol. The Balaban J connectivity index is 2.15. The van der Waals surface area contributed by atoms with Crippen LogP contribution in [0.1, 0.15) is 11.8 Å². The van der Waals surface area contributed by atoms with Gasteiger partial charge >= 0.3 is 5.43 Å². The van der Waals surface area contributed by atoms with Crippen LogP contribution < -0.4 is 0 Å². The Kier molecular flexibility index (Phi) is 5.15. The second kappa shape index (κ2) is 6.86. The van der Waals surface area contributed by atoms with E-state index in [1.54, 1.807) is 0 Å². The molecule has 0 aliphatic carbocycles. The van der Waals surface area contributed by atoms with Gasteiger partial charge in [0.15, 0.2) is 6.23 Å². The number of morpholine rings is 1. The van der Waals surface area contributed by atoms with Crippen LogP contribution in [0, 0.1) is 0 Å². The second-order valence-corrected chi connectivity index (χ2v) is 4.60. The predicted octanol–water partition coefficient (Wildman–Crippen LogP) is 1.75. The molecule has 19 heavy (non-hydrogen) atoms. The van der Waals surface area contributed by atoms with E-state index in [1.165, 1.54) is 0 Å². The van der Waals surface area contributed by atoms with Crippen molar-refractivity contribution in [2.45, 2.75) is 12.3 Å². The van der Waals surface area contributed by atoms with Gasteiger partial charge in [-0.15, -0.1) is 0 Å². The lowest BCUT2D eigenvalue weighted by Gasteiger charge is -2.36. The molecule has 1 saturated heterocycles. The Hall–Kier alpha value is -1.14. The van der Waals surface area contributed by atoms with Crippen LogP contribution >= 0.6 is 11.6 Å². The smallest absolute Gasteiger partial charge is 0.405 e. The van der Waals surface area contributed by atoms with Gasteiger partial charge in [-0.2, -0.15) is 0 Å². The molecule has 0 radical (unpaired) electrons. The molecular formula is C13H16ClNO4. The van der Waals surface area contributed by atoms with E-state index in [2.05, 4.69) is 0 Å². The van der Waals surface area contributed by atoms with Crippen molar-refractivity contribution in [2.75, 3.05) is 26.3 Å². The van der Waals surface area contributed by atoms with E-state index in [0.717, 1.165) is 5.56 Å². The maximum Gasteiger partial charge on any atom is 0.405 e. The third kappa shape index (κ3) is 3.91. The molecule has 1 aliphatic rings. The van der Waals surface area contributed by atoms with E-state index in [4.69, 9.17) is 26.2 Å².